The lowest BCUT2D eigenvalue weighted by Gasteiger charge is -2.59. The van der Waals surface area contributed by atoms with Gasteiger partial charge in [0.1, 0.15) is 6.61 Å². The number of oxime groups is 1. The molecule has 32 heavy (non-hydrogen) atoms. The summed E-state index contributed by atoms with van der Waals surface area (Å²) in [7, 11) is 3.99. The van der Waals surface area contributed by atoms with Crippen LogP contribution in [0.1, 0.15) is 59.3 Å². The Morgan fingerprint density at radius 3 is 2.59 bits per heavy atom. The Bertz CT molecular complexity index is 825. The zero-order valence-corrected chi connectivity index (χ0v) is 20.2. The summed E-state index contributed by atoms with van der Waals surface area (Å²) in [6.07, 6.45) is 3.80. The maximum atomic E-state index is 13.2. The number of ketones is 1. The lowest BCUT2D eigenvalue weighted by Crippen LogP contribution is -2.60. The van der Waals surface area contributed by atoms with Gasteiger partial charge in [0, 0.05) is 23.8 Å². The highest BCUT2D eigenvalue weighted by molar-refractivity contribution is 5.95. The van der Waals surface area contributed by atoms with Crippen LogP contribution in [0.2, 0.25) is 0 Å². The van der Waals surface area contributed by atoms with Gasteiger partial charge in [-0.15, -0.1) is 0 Å². The number of aliphatic hydroxyl groups excluding tert-OH is 2. The fourth-order valence-corrected chi connectivity index (χ4v) is 7.47. The molecule has 0 aliphatic heterocycles. The summed E-state index contributed by atoms with van der Waals surface area (Å²) in [6.45, 7) is 7.51. The summed E-state index contributed by atoms with van der Waals surface area (Å²) in [5, 5.41) is 37.2. The standard InChI is InChI=1S/C25H40N2O5/c1-15(26-32-11-10-27(4)5)16-7-9-25(31)18-12-20(28)19-13-21(29)22(30)14-23(19,2)17(18)6-8-24(16,25)3/h12,16-17,19,21-22,29-31H,6-11,13-14H2,1-5H3/t16-,17?,19+,21-,22+,23-,24-,25-/m1/s1. The number of hydrogen-bond acceptors (Lipinski definition) is 7. The molecule has 1 unspecified atom stereocenters. The Balaban J connectivity index is 1.62. The number of fused-ring (bicyclic) bond motifs is 5. The Morgan fingerprint density at radius 2 is 1.91 bits per heavy atom. The highest BCUT2D eigenvalue weighted by atomic mass is 16.6. The van der Waals surface area contributed by atoms with Crippen molar-refractivity contribution in [2.75, 3.05) is 27.2 Å². The van der Waals surface area contributed by atoms with Crippen molar-refractivity contribution in [2.24, 2.45) is 33.7 Å². The van der Waals surface area contributed by atoms with Gasteiger partial charge in [0.15, 0.2) is 5.78 Å². The van der Waals surface area contributed by atoms with E-state index < -0.39 is 28.6 Å². The summed E-state index contributed by atoms with van der Waals surface area (Å²) >= 11 is 0. The van der Waals surface area contributed by atoms with Crippen LogP contribution in [0, 0.1) is 28.6 Å². The SMILES string of the molecule is CC(=NOCCN(C)C)[C@H]1CC[C@@]2(O)C3=CC(=O)[C@@H]4C[C@@H](O)[C@@H](O)C[C@]4(C)C3CC[C@]12C. The van der Waals surface area contributed by atoms with Crippen LogP contribution in [0.25, 0.3) is 0 Å². The molecule has 4 aliphatic carbocycles. The summed E-state index contributed by atoms with van der Waals surface area (Å²) in [5.41, 5.74) is -0.158. The second-order valence-electron chi connectivity index (χ2n) is 11.5. The van der Waals surface area contributed by atoms with Crippen molar-refractivity contribution in [3.63, 3.8) is 0 Å². The fourth-order valence-electron chi connectivity index (χ4n) is 7.47. The Kier molecular flexibility index (Phi) is 6.11. The van der Waals surface area contributed by atoms with Crippen molar-refractivity contribution >= 4 is 11.5 Å². The van der Waals surface area contributed by atoms with Gasteiger partial charge in [-0.1, -0.05) is 19.0 Å². The molecule has 0 aromatic rings. The van der Waals surface area contributed by atoms with E-state index in [1.165, 1.54) is 0 Å². The molecule has 0 spiro atoms. The Morgan fingerprint density at radius 1 is 1.19 bits per heavy atom. The predicted octanol–water partition coefficient (Wildman–Crippen LogP) is 2.15. The van der Waals surface area contributed by atoms with E-state index in [2.05, 4.69) is 19.0 Å². The van der Waals surface area contributed by atoms with E-state index in [9.17, 15) is 20.1 Å². The number of carbonyl (C=O) groups excluding carboxylic acids is 1. The van der Waals surface area contributed by atoms with Gasteiger partial charge in [-0.3, -0.25) is 4.79 Å². The lowest BCUT2D eigenvalue weighted by atomic mass is 9.46. The smallest absolute Gasteiger partial charge is 0.159 e. The van der Waals surface area contributed by atoms with E-state index in [0.29, 0.717) is 25.9 Å². The molecule has 0 amide bonds. The minimum absolute atomic E-state index is 0.0109. The number of rotatable bonds is 5. The van der Waals surface area contributed by atoms with Crippen LogP contribution >= 0.6 is 0 Å². The first-order chi connectivity index (χ1) is 14.9. The van der Waals surface area contributed by atoms with Crippen LogP contribution in [-0.4, -0.2) is 76.8 Å². The topological polar surface area (TPSA) is 103 Å². The summed E-state index contributed by atoms with van der Waals surface area (Å²) < 4.78 is 0. The molecule has 0 bridgehead atoms. The normalized spacial score (nSPS) is 46.4. The van der Waals surface area contributed by atoms with Crippen molar-refractivity contribution in [1.82, 2.24) is 4.90 Å². The summed E-state index contributed by atoms with van der Waals surface area (Å²) in [4.78, 5) is 20.8. The van der Waals surface area contributed by atoms with Crippen LogP contribution in [0.5, 0.6) is 0 Å². The van der Waals surface area contributed by atoms with Gasteiger partial charge >= 0.3 is 0 Å². The first kappa shape index (κ1) is 23.9. The molecule has 3 N–H and O–H groups in total. The summed E-state index contributed by atoms with van der Waals surface area (Å²) in [6, 6.07) is 0. The number of hydrogen-bond donors (Lipinski definition) is 3. The van der Waals surface area contributed by atoms with Gasteiger partial charge < -0.3 is 25.1 Å². The Labute approximate surface area is 191 Å². The number of likely N-dealkylation sites (N-methyl/N-ethyl adjacent to an activating group) is 1. The first-order valence-corrected chi connectivity index (χ1v) is 12.1. The van der Waals surface area contributed by atoms with Crippen LogP contribution in [0.15, 0.2) is 16.8 Å². The molecule has 4 aliphatic rings. The molecular weight excluding hydrogens is 408 g/mol. The van der Waals surface area contributed by atoms with Crippen LogP contribution < -0.4 is 0 Å². The largest absolute Gasteiger partial charge is 0.394 e. The van der Waals surface area contributed by atoms with Crippen molar-refractivity contribution in [1.29, 1.82) is 0 Å². The maximum Gasteiger partial charge on any atom is 0.159 e. The van der Waals surface area contributed by atoms with Crippen molar-refractivity contribution in [3.05, 3.63) is 11.6 Å². The highest BCUT2D eigenvalue weighted by Crippen LogP contribution is 2.67. The second-order valence-corrected chi connectivity index (χ2v) is 11.5. The monoisotopic (exact) mass is 448 g/mol. The molecule has 180 valence electrons. The molecule has 8 atom stereocenters. The third-order valence-corrected chi connectivity index (χ3v) is 9.46. The third kappa shape index (κ3) is 3.47. The van der Waals surface area contributed by atoms with Crippen LogP contribution in [0.3, 0.4) is 0 Å². The van der Waals surface area contributed by atoms with Gasteiger partial charge in [-0.25, -0.2) is 0 Å². The fraction of sp³-hybridized carbons (Fsp3) is 0.840. The van der Waals surface area contributed by atoms with Gasteiger partial charge in [-0.05, 0) is 82.5 Å². The minimum Gasteiger partial charge on any atom is -0.394 e. The van der Waals surface area contributed by atoms with Gasteiger partial charge in [0.25, 0.3) is 0 Å². The van der Waals surface area contributed by atoms with Crippen molar-refractivity contribution in [2.45, 2.75) is 77.1 Å². The Hall–Kier alpha value is -1.28. The average Bonchev–Trinajstić information content (AvgIpc) is 2.99. The van der Waals surface area contributed by atoms with E-state index in [-0.39, 0.29) is 23.5 Å². The molecule has 7 nitrogen and oxygen atoms in total. The zero-order chi connectivity index (χ0) is 23.5. The quantitative estimate of drug-likeness (QED) is 0.338. The molecule has 0 aromatic carbocycles. The molecule has 0 radical (unpaired) electrons. The van der Waals surface area contributed by atoms with Crippen LogP contribution in [0.4, 0.5) is 0 Å². The molecule has 4 rings (SSSR count). The second kappa shape index (κ2) is 8.19. The van der Waals surface area contributed by atoms with E-state index in [1.54, 1.807) is 6.08 Å². The molecule has 0 saturated heterocycles. The minimum atomic E-state index is -1.06. The predicted molar refractivity (Wildman–Crippen MR) is 122 cm³/mol. The van der Waals surface area contributed by atoms with E-state index in [1.807, 2.05) is 25.9 Å². The molecule has 0 aromatic heterocycles. The molecular formula is C25H40N2O5. The number of carbonyl (C=O) groups is 1. The molecule has 3 saturated carbocycles. The van der Waals surface area contributed by atoms with Crippen LogP contribution in [-0.2, 0) is 9.63 Å². The van der Waals surface area contributed by atoms with E-state index in [4.69, 9.17) is 4.84 Å². The third-order valence-electron chi connectivity index (χ3n) is 9.46. The zero-order valence-electron chi connectivity index (χ0n) is 20.2. The average molecular weight is 449 g/mol. The van der Waals surface area contributed by atoms with Crippen molar-refractivity contribution < 1.29 is 25.0 Å². The maximum absolute atomic E-state index is 13.2. The molecule has 0 heterocycles. The van der Waals surface area contributed by atoms with E-state index >= 15 is 0 Å². The number of nitrogens with zero attached hydrogens (tertiary/aromatic N) is 2. The van der Waals surface area contributed by atoms with Gasteiger partial charge in [0.05, 0.1) is 23.5 Å². The number of allylic oxidation sites excluding steroid dienone is 1. The number of aliphatic hydroxyl groups is 3. The molecule has 7 heteroatoms. The van der Waals surface area contributed by atoms with Crippen molar-refractivity contribution in [3.8, 4) is 0 Å². The first-order valence-electron chi connectivity index (χ1n) is 12.1. The van der Waals surface area contributed by atoms with Gasteiger partial charge in [0.2, 0.25) is 0 Å². The summed E-state index contributed by atoms with van der Waals surface area (Å²) in [5.74, 6) is -0.178. The lowest BCUT2D eigenvalue weighted by molar-refractivity contribution is -0.151. The highest BCUT2D eigenvalue weighted by Gasteiger charge is 2.66. The van der Waals surface area contributed by atoms with Gasteiger partial charge in [-0.2, -0.15) is 0 Å². The molecule has 3 fully saturated rings. The van der Waals surface area contributed by atoms with E-state index in [0.717, 1.165) is 37.1 Å².